The fraction of sp³-hybridized carbons (Fsp3) is 0.500. The predicted octanol–water partition coefficient (Wildman–Crippen LogP) is 2.55. The molecule has 5 heteroatoms. The smallest absolute Gasteiger partial charge is 0.307 e. The second-order valence-electron chi connectivity index (χ2n) is 5.25. The Kier molecular flexibility index (Phi) is 2.97. The minimum absolute atomic E-state index is 0.0200. The average molecular weight is 259 g/mol. The molecule has 1 aliphatic rings. The fourth-order valence-electron chi connectivity index (χ4n) is 3.04. The summed E-state index contributed by atoms with van der Waals surface area (Å²) in [6, 6.07) is 0. The van der Waals surface area contributed by atoms with E-state index in [-0.39, 0.29) is 6.42 Å². The Morgan fingerprint density at radius 3 is 2.84 bits per heavy atom. The van der Waals surface area contributed by atoms with Crippen LogP contribution in [0.2, 0.25) is 0 Å². The van der Waals surface area contributed by atoms with Gasteiger partial charge >= 0.3 is 5.97 Å². The number of nitrogens with zero attached hydrogens (tertiary/aromatic N) is 2. The molecule has 5 nitrogen and oxygen atoms in total. The first kappa shape index (κ1) is 12.1. The molecule has 1 aliphatic carbocycles. The van der Waals surface area contributed by atoms with Crippen molar-refractivity contribution in [3.8, 4) is 0 Å². The Morgan fingerprint density at radius 1 is 1.42 bits per heavy atom. The number of aliphatic carboxylic acids is 1. The topological polar surface area (TPSA) is 78.9 Å². The lowest BCUT2D eigenvalue weighted by molar-refractivity contribution is -0.136. The Labute approximate surface area is 111 Å². The lowest BCUT2D eigenvalue weighted by Crippen LogP contribution is -2.04. The Bertz CT molecular complexity index is 627. The second kappa shape index (κ2) is 4.64. The fourth-order valence-corrected chi connectivity index (χ4v) is 3.04. The van der Waals surface area contributed by atoms with E-state index in [1.54, 1.807) is 6.20 Å². The minimum Gasteiger partial charge on any atom is -0.481 e. The quantitative estimate of drug-likeness (QED) is 0.887. The van der Waals surface area contributed by atoms with Crippen LogP contribution in [0, 0.1) is 6.92 Å². The summed E-state index contributed by atoms with van der Waals surface area (Å²) in [5.74, 6) is 0.379. The molecule has 2 heterocycles. The summed E-state index contributed by atoms with van der Waals surface area (Å²) in [6.07, 6.45) is 6.52. The van der Waals surface area contributed by atoms with Crippen LogP contribution in [0.4, 0.5) is 0 Å². The molecule has 0 spiro atoms. The number of aromatic nitrogens is 3. The summed E-state index contributed by atoms with van der Waals surface area (Å²) >= 11 is 0. The van der Waals surface area contributed by atoms with E-state index in [1.165, 1.54) is 12.8 Å². The van der Waals surface area contributed by atoms with E-state index in [4.69, 9.17) is 5.11 Å². The van der Waals surface area contributed by atoms with E-state index in [1.807, 2.05) is 6.92 Å². The Hall–Kier alpha value is -1.91. The molecule has 19 heavy (non-hydrogen) atoms. The van der Waals surface area contributed by atoms with Crippen molar-refractivity contribution in [1.82, 2.24) is 15.0 Å². The maximum atomic E-state index is 11.0. The molecule has 0 atom stereocenters. The van der Waals surface area contributed by atoms with Gasteiger partial charge in [0, 0.05) is 17.5 Å². The summed E-state index contributed by atoms with van der Waals surface area (Å²) < 4.78 is 0. The van der Waals surface area contributed by atoms with Crippen molar-refractivity contribution < 1.29 is 9.90 Å². The third-order valence-corrected chi connectivity index (χ3v) is 3.84. The first-order valence-corrected chi connectivity index (χ1v) is 6.71. The molecule has 3 rings (SSSR count). The van der Waals surface area contributed by atoms with E-state index in [0.717, 1.165) is 41.0 Å². The van der Waals surface area contributed by atoms with Crippen LogP contribution in [0.5, 0.6) is 0 Å². The van der Waals surface area contributed by atoms with Gasteiger partial charge in [0.1, 0.15) is 11.5 Å². The van der Waals surface area contributed by atoms with Crippen LogP contribution in [-0.4, -0.2) is 26.0 Å². The second-order valence-corrected chi connectivity index (χ2v) is 5.25. The number of H-pyrrole nitrogens is 1. The highest BCUT2D eigenvalue weighted by Gasteiger charge is 2.24. The van der Waals surface area contributed by atoms with Gasteiger partial charge in [-0.1, -0.05) is 12.8 Å². The summed E-state index contributed by atoms with van der Waals surface area (Å²) in [4.78, 5) is 23.0. The molecule has 0 aromatic carbocycles. The van der Waals surface area contributed by atoms with Gasteiger partial charge in [0.2, 0.25) is 0 Å². The highest BCUT2D eigenvalue weighted by molar-refractivity contribution is 5.86. The Balaban J connectivity index is 2.16. The molecule has 1 saturated carbocycles. The van der Waals surface area contributed by atoms with Gasteiger partial charge in [0.15, 0.2) is 0 Å². The van der Waals surface area contributed by atoms with Crippen LogP contribution < -0.4 is 0 Å². The largest absolute Gasteiger partial charge is 0.481 e. The average Bonchev–Trinajstić information content (AvgIpc) is 2.97. The zero-order valence-corrected chi connectivity index (χ0v) is 10.9. The molecule has 0 bridgehead atoms. The monoisotopic (exact) mass is 259 g/mol. The van der Waals surface area contributed by atoms with Crippen molar-refractivity contribution in [3.05, 3.63) is 23.3 Å². The summed E-state index contributed by atoms with van der Waals surface area (Å²) in [5, 5.41) is 9.93. The van der Waals surface area contributed by atoms with Gasteiger partial charge in [0.25, 0.3) is 0 Å². The molecule has 2 N–H and O–H groups in total. The highest BCUT2D eigenvalue weighted by atomic mass is 16.4. The van der Waals surface area contributed by atoms with E-state index in [2.05, 4.69) is 15.0 Å². The van der Waals surface area contributed by atoms with Crippen molar-refractivity contribution >= 4 is 17.0 Å². The van der Waals surface area contributed by atoms with Gasteiger partial charge in [-0.3, -0.25) is 4.79 Å². The lowest BCUT2D eigenvalue weighted by atomic mass is 9.98. The van der Waals surface area contributed by atoms with Crippen LogP contribution in [0.15, 0.2) is 6.20 Å². The van der Waals surface area contributed by atoms with E-state index >= 15 is 0 Å². The molecule has 100 valence electrons. The molecule has 1 fully saturated rings. The normalized spacial score (nSPS) is 16.3. The predicted molar refractivity (Wildman–Crippen MR) is 71.2 cm³/mol. The number of fused-ring (bicyclic) bond motifs is 1. The number of carboxylic acid groups (broad SMARTS) is 1. The number of hydrogen-bond donors (Lipinski definition) is 2. The van der Waals surface area contributed by atoms with Crippen LogP contribution in [0.25, 0.3) is 11.0 Å². The van der Waals surface area contributed by atoms with E-state index in [0.29, 0.717) is 5.92 Å². The van der Waals surface area contributed by atoms with Crippen molar-refractivity contribution in [2.75, 3.05) is 0 Å². The van der Waals surface area contributed by atoms with Crippen molar-refractivity contribution in [1.29, 1.82) is 0 Å². The van der Waals surface area contributed by atoms with Crippen molar-refractivity contribution in [2.24, 2.45) is 0 Å². The number of aromatic amines is 1. The molecule has 0 saturated heterocycles. The minimum atomic E-state index is -0.821. The molecule has 0 radical (unpaired) electrons. The van der Waals surface area contributed by atoms with Gasteiger partial charge in [-0.15, -0.1) is 0 Å². The molecule has 0 unspecified atom stereocenters. The number of hydrogen-bond acceptors (Lipinski definition) is 3. The Morgan fingerprint density at radius 2 is 2.16 bits per heavy atom. The van der Waals surface area contributed by atoms with Crippen LogP contribution in [0.3, 0.4) is 0 Å². The van der Waals surface area contributed by atoms with E-state index in [9.17, 15) is 4.79 Å². The molecule has 0 aliphatic heterocycles. The molecular weight excluding hydrogens is 242 g/mol. The number of carbonyl (C=O) groups is 1. The van der Waals surface area contributed by atoms with Crippen molar-refractivity contribution in [3.63, 3.8) is 0 Å². The SMILES string of the molecule is Cc1nc(C2CCCC2)c2c(CC(=O)O)c[nH]c2n1. The summed E-state index contributed by atoms with van der Waals surface area (Å²) in [5.41, 5.74) is 2.60. The molecular formula is C14H17N3O2. The van der Waals surface area contributed by atoms with Crippen LogP contribution >= 0.6 is 0 Å². The van der Waals surface area contributed by atoms with Gasteiger partial charge in [0.05, 0.1) is 12.1 Å². The standard InChI is InChI=1S/C14H17N3O2/c1-8-16-13(9-4-2-3-5-9)12-10(6-11(18)19)7-15-14(12)17-8/h7,9H,2-6H2,1H3,(H,18,19)(H,15,16,17). The van der Waals surface area contributed by atoms with Crippen molar-refractivity contribution in [2.45, 2.75) is 44.9 Å². The van der Waals surface area contributed by atoms with Gasteiger partial charge in [-0.05, 0) is 25.3 Å². The zero-order chi connectivity index (χ0) is 13.4. The van der Waals surface area contributed by atoms with E-state index < -0.39 is 5.97 Å². The maximum Gasteiger partial charge on any atom is 0.307 e. The maximum absolute atomic E-state index is 11.0. The number of nitrogens with one attached hydrogen (secondary N) is 1. The summed E-state index contributed by atoms with van der Waals surface area (Å²) in [7, 11) is 0. The molecule has 2 aromatic rings. The number of rotatable bonds is 3. The van der Waals surface area contributed by atoms with Gasteiger partial charge in [-0.2, -0.15) is 0 Å². The molecule has 0 amide bonds. The first-order chi connectivity index (χ1) is 9.15. The highest BCUT2D eigenvalue weighted by Crippen LogP contribution is 2.37. The number of carboxylic acids is 1. The lowest BCUT2D eigenvalue weighted by Gasteiger charge is -2.11. The molecule has 2 aromatic heterocycles. The van der Waals surface area contributed by atoms with Gasteiger partial charge in [-0.25, -0.2) is 9.97 Å². The van der Waals surface area contributed by atoms with Gasteiger partial charge < -0.3 is 10.1 Å². The third-order valence-electron chi connectivity index (χ3n) is 3.84. The van der Waals surface area contributed by atoms with Crippen LogP contribution in [0.1, 0.15) is 48.7 Å². The zero-order valence-electron chi connectivity index (χ0n) is 10.9. The number of aryl methyl sites for hydroxylation is 1. The van der Waals surface area contributed by atoms with Crippen LogP contribution in [-0.2, 0) is 11.2 Å². The summed E-state index contributed by atoms with van der Waals surface area (Å²) in [6.45, 7) is 1.88. The third kappa shape index (κ3) is 2.20. The first-order valence-electron chi connectivity index (χ1n) is 6.71.